The van der Waals surface area contributed by atoms with Crippen LogP contribution in [0.15, 0.2) is 30.3 Å². The van der Waals surface area contributed by atoms with Crippen LogP contribution in [0.2, 0.25) is 0 Å². The standard InChI is InChI=1S/C15H15N3O3/c1-2-18-13(9-11(16-18)15(20)21)14(19)17-8-7-10-5-3-4-6-12(10)17/h3-6,9H,2,7-8H2,1H3,(H,20,21). The second-order valence-corrected chi connectivity index (χ2v) is 4.87. The fourth-order valence-electron chi connectivity index (χ4n) is 2.62. The topological polar surface area (TPSA) is 75.4 Å². The van der Waals surface area contributed by atoms with E-state index >= 15 is 0 Å². The van der Waals surface area contributed by atoms with Crippen molar-refractivity contribution in [3.8, 4) is 0 Å². The third-order valence-corrected chi connectivity index (χ3v) is 3.65. The van der Waals surface area contributed by atoms with E-state index in [-0.39, 0.29) is 11.6 Å². The quantitative estimate of drug-likeness (QED) is 0.933. The van der Waals surface area contributed by atoms with Crippen LogP contribution < -0.4 is 4.90 Å². The highest BCUT2D eigenvalue weighted by atomic mass is 16.4. The molecule has 0 unspecified atom stereocenters. The van der Waals surface area contributed by atoms with Gasteiger partial charge in [0.1, 0.15) is 5.69 Å². The lowest BCUT2D eigenvalue weighted by Gasteiger charge is -2.17. The van der Waals surface area contributed by atoms with Crippen LogP contribution in [-0.2, 0) is 13.0 Å². The second kappa shape index (κ2) is 5.05. The Labute approximate surface area is 121 Å². The largest absolute Gasteiger partial charge is 0.476 e. The number of hydrogen-bond donors (Lipinski definition) is 1. The number of amides is 1. The van der Waals surface area contributed by atoms with Crippen LogP contribution in [0.25, 0.3) is 0 Å². The molecule has 0 spiro atoms. The number of rotatable bonds is 3. The minimum atomic E-state index is -1.13. The summed E-state index contributed by atoms with van der Waals surface area (Å²) in [6.07, 6.45) is 0.813. The van der Waals surface area contributed by atoms with Crippen LogP contribution in [0.4, 0.5) is 5.69 Å². The zero-order valence-electron chi connectivity index (χ0n) is 11.6. The Morgan fingerprint density at radius 2 is 2.10 bits per heavy atom. The smallest absolute Gasteiger partial charge is 0.356 e. The third-order valence-electron chi connectivity index (χ3n) is 3.65. The number of aromatic nitrogens is 2. The molecule has 1 aliphatic rings. The molecule has 1 N–H and O–H groups in total. The van der Waals surface area contributed by atoms with Gasteiger partial charge in [-0.1, -0.05) is 18.2 Å². The molecule has 0 fully saturated rings. The average molecular weight is 285 g/mol. The molecule has 6 nitrogen and oxygen atoms in total. The van der Waals surface area contributed by atoms with Crippen molar-refractivity contribution in [3.63, 3.8) is 0 Å². The number of anilines is 1. The fourth-order valence-corrected chi connectivity index (χ4v) is 2.62. The van der Waals surface area contributed by atoms with E-state index in [1.807, 2.05) is 31.2 Å². The Hall–Kier alpha value is -2.63. The summed E-state index contributed by atoms with van der Waals surface area (Å²) in [5, 5.41) is 13.0. The summed E-state index contributed by atoms with van der Waals surface area (Å²) in [4.78, 5) is 25.4. The van der Waals surface area contributed by atoms with Crippen molar-refractivity contribution in [2.45, 2.75) is 19.9 Å². The molecule has 1 aliphatic heterocycles. The van der Waals surface area contributed by atoms with E-state index < -0.39 is 5.97 Å². The molecule has 0 saturated heterocycles. The highest BCUT2D eigenvalue weighted by molar-refractivity contribution is 6.07. The van der Waals surface area contributed by atoms with Gasteiger partial charge in [-0.2, -0.15) is 5.10 Å². The van der Waals surface area contributed by atoms with E-state index in [2.05, 4.69) is 5.10 Å². The van der Waals surface area contributed by atoms with Crippen LogP contribution in [0.5, 0.6) is 0 Å². The Bertz CT molecular complexity index is 721. The summed E-state index contributed by atoms with van der Waals surface area (Å²) in [6.45, 7) is 2.88. The van der Waals surface area contributed by atoms with Gasteiger partial charge in [0.25, 0.3) is 5.91 Å². The molecule has 6 heteroatoms. The molecular weight excluding hydrogens is 270 g/mol. The summed E-state index contributed by atoms with van der Waals surface area (Å²) < 4.78 is 1.44. The third kappa shape index (κ3) is 2.18. The van der Waals surface area contributed by atoms with Crippen LogP contribution >= 0.6 is 0 Å². The van der Waals surface area contributed by atoms with Gasteiger partial charge in [-0.3, -0.25) is 9.48 Å². The second-order valence-electron chi connectivity index (χ2n) is 4.87. The van der Waals surface area contributed by atoms with Crippen molar-refractivity contribution >= 4 is 17.6 Å². The van der Waals surface area contributed by atoms with E-state index in [0.717, 1.165) is 17.7 Å². The van der Waals surface area contributed by atoms with E-state index in [0.29, 0.717) is 18.8 Å². The lowest BCUT2D eigenvalue weighted by atomic mass is 10.2. The van der Waals surface area contributed by atoms with Crippen molar-refractivity contribution in [2.24, 2.45) is 0 Å². The minimum absolute atomic E-state index is 0.104. The number of aryl methyl sites for hydroxylation is 1. The van der Waals surface area contributed by atoms with Gasteiger partial charge in [0.2, 0.25) is 0 Å². The monoisotopic (exact) mass is 285 g/mol. The van der Waals surface area contributed by atoms with E-state index in [9.17, 15) is 9.59 Å². The van der Waals surface area contributed by atoms with Crippen LogP contribution in [0.3, 0.4) is 0 Å². The van der Waals surface area contributed by atoms with Crippen molar-refractivity contribution in [2.75, 3.05) is 11.4 Å². The lowest BCUT2D eigenvalue weighted by molar-refractivity contribution is 0.0689. The minimum Gasteiger partial charge on any atom is -0.476 e. The Balaban J connectivity index is 1.98. The van der Waals surface area contributed by atoms with Crippen molar-refractivity contribution in [3.05, 3.63) is 47.3 Å². The average Bonchev–Trinajstić information content (AvgIpc) is 3.10. The predicted octanol–water partition coefficient (Wildman–Crippen LogP) is 1.80. The Kier molecular flexibility index (Phi) is 3.21. The molecule has 0 bridgehead atoms. The highest BCUT2D eigenvalue weighted by Crippen LogP contribution is 2.28. The van der Waals surface area contributed by atoms with Crippen molar-refractivity contribution < 1.29 is 14.7 Å². The van der Waals surface area contributed by atoms with Crippen LogP contribution in [-0.4, -0.2) is 33.3 Å². The van der Waals surface area contributed by atoms with E-state index in [1.165, 1.54) is 10.7 Å². The molecule has 21 heavy (non-hydrogen) atoms. The molecule has 1 aromatic heterocycles. The Morgan fingerprint density at radius 3 is 2.81 bits per heavy atom. The zero-order chi connectivity index (χ0) is 15.0. The molecule has 0 radical (unpaired) electrons. The number of benzene rings is 1. The summed E-state index contributed by atoms with van der Waals surface area (Å²) in [6, 6.07) is 9.10. The SMILES string of the molecule is CCn1nc(C(=O)O)cc1C(=O)N1CCc2ccccc21. The fraction of sp³-hybridized carbons (Fsp3) is 0.267. The maximum absolute atomic E-state index is 12.7. The van der Waals surface area contributed by atoms with Gasteiger partial charge in [0.15, 0.2) is 5.69 Å². The highest BCUT2D eigenvalue weighted by Gasteiger charge is 2.28. The van der Waals surface area contributed by atoms with Crippen molar-refractivity contribution in [1.29, 1.82) is 0 Å². The molecule has 2 heterocycles. The first kappa shape index (κ1) is 13.4. The molecule has 2 aromatic rings. The summed E-state index contributed by atoms with van der Waals surface area (Å²) in [5.41, 5.74) is 2.23. The summed E-state index contributed by atoms with van der Waals surface area (Å²) in [7, 11) is 0. The number of nitrogens with zero attached hydrogens (tertiary/aromatic N) is 3. The first-order chi connectivity index (χ1) is 10.1. The van der Waals surface area contributed by atoms with E-state index in [1.54, 1.807) is 4.90 Å². The maximum atomic E-state index is 12.7. The zero-order valence-corrected chi connectivity index (χ0v) is 11.6. The van der Waals surface area contributed by atoms with Gasteiger partial charge in [-0.25, -0.2) is 4.79 Å². The number of carboxylic acid groups (broad SMARTS) is 1. The number of aromatic carboxylic acids is 1. The van der Waals surface area contributed by atoms with Gasteiger partial charge in [0, 0.05) is 24.8 Å². The van der Waals surface area contributed by atoms with Crippen molar-refractivity contribution in [1.82, 2.24) is 9.78 Å². The lowest BCUT2D eigenvalue weighted by Crippen LogP contribution is -2.30. The molecule has 3 rings (SSSR count). The normalized spacial score (nSPS) is 13.3. The Morgan fingerprint density at radius 1 is 1.33 bits per heavy atom. The van der Waals surface area contributed by atoms with Gasteiger partial charge in [-0.05, 0) is 25.0 Å². The first-order valence-electron chi connectivity index (χ1n) is 6.82. The van der Waals surface area contributed by atoms with Gasteiger partial charge >= 0.3 is 5.97 Å². The summed E-state index contributed by atoms with van der Waals surface area (Å²) >= 11 is 0. The van der Waals surface area contributed by atoms with Gasteiger partial charge in [-0.15, -0.1) is 0 Å². The number of carboxylic acids is 1. The van der Waals surface area contributed by atoms with Crippen LogP contribution in [0, 0.1) is 0 Å². The maximum Gasteiger partial charge on any atom is 0.356 e. The van der Waals surface area contributed by atoms with E-state index in [4.69, 9.17) is 5.11 Å². The molecule has 0 saturated carbocycles. The number of carbonyl (C=O) groups excluding carboxylic acids is 1. The number of carbonyl (C=O) groups is 2. The number of hydrogen-bond acceptors (Lipinski definition) is 3. The molecule has 108 valence electrons. The number of para-hydroxylation sites is 1. The molecule has 1 amide bonds. The molecule has 0 aliphatic carbocycles. The van der Waals surface area contributed by atoms with Crippen LogP contribution in [0.1, 0.15) is 33.5 Å². The first-order valence-corrected chi connectivity index (χ1v) is 6.82. The molecule has 1 aromatic carbocycles. The predicted molar refractivity (Wildman–Crippen MR) is 76.7 cm³/mol. The molecule has 0 atom stereocenters. The number of fused-ring (bicyclic) bond motifs is 1. The van der Waals surface area contributed by atoms with Gasteiger partial charge < -0.3 is 10.0 Å². The van der Waals surface area contributed by atoms with Gasteiger partial charge in [0.05, 0.1) is 0 Å². The molecular formula is C15H15N3O3. The summed E-state index contributed by atoms with van der Waals surface area (Å²) in [5.74, 6) is -1.33.